The van der Waals surface area contributed by atoms with E-state index in [1.54, 1.807) is 0 Å². The van der Waals surface area contributed by atoms with E-state index < -0.39 is 0 Å². The first-order chi connectivity index (χ1) is 25.7. The second-order valence-electron chi connectivity index (χ2n) is 14.1. The molecule has 0 nitrogen and oxygen atoms in total. The average molecular weight is 657 g/mol. The second kappa shape index (κ2) is 11.4. The summed E-state index contributed by atoms with van der Waals surface area (Å²) in [6.07, 6.45) is 0. The predicted octanol–water partition coefficient (Wildman–Crippen LogP) is 14.8. The van der Waals surface area contributed by atoms with Crippen molar-refractivity contribution in [2.45, 2.75) is 0 Å². The maximum absolute atomic E-state index is 2.41. The molecule has 0 aromatic heterocycles. The lowest BCUT2D eigenvalue weighted by Gasteiger charge is -2.16. The Hall–Kier alpha value is -6.76. The van der Waals surface area contributed by atoms with Gasteiger partial charge in [-0.2, -0.15) is 0 Å². The van der Waals surface area contributed by atoms with Gasteiger partial charge in [0.15, 0.2) is 0 Å². The molecule has 0 saturated carbocycles. The zero-order valence-electron chi connectivity index (χ0n) is 28.5. The molecule has 0 unspecified atom stereocenters. The Morgan fingerprint density at radius 3 is 1.21 bits per heavy atom. The van der Waals surface area contributed by atoms with Crippen molar-refractivity contribution in [3.8, 4) is 33.4 Å². The van der Waals surface area contributed by atoms with Gasteiger partial charge in [0.2, 0.25) is 0 Å². The Morgan fingerprint density at radius 2 is 0.558 bits per heavy atom. The van der Waals surface area contributed by atoms with Crippen LogP contribution >= 0.6 is 0 Å². The Balaban J connectivity index is 1.11. The van der Waals surface area contributed by atoms with Gasteiger partial charge in [-0.3, -0.25) is 0 Å². The Labute approximate surface area is 301 Å². The van der Waals surface area contributed by atoms with E-state index in [-0.39, 0.29) is 0 Å². The fourth-order valence-corrected chi connectivity index (χ4v) is 8.52. The van der Waals surface area contributed by atoms with Crippen molar-refractivity contribution in [2.24, 2.45) is 0 Å². The molecule has 11 aromatic carbocycles. The van der Waals surface area contributed by atoms with E-state index in [1.165, 1.54) is 109 Å². The second-order valence-corrected chi connectivity index (χ2v) is 14.1. The van der Waals surface area contributed by atoms with Crippen molar-refractivity contribution in [1.29, 1.82) is 0 Å². The molecular formula is C52H32. The highest BCUT2D eigenvalue weighted by Crippen LogP contribution is 2.41. The number of hydrogen-bond donors (Lipinski definition) is 0. The fraction of sp³-hybridized carbons (Fsp3) is 0. The van der Waals surface area contributed by atoms with Gasteiger partial charge in [0.05, 0.1) is 0 Å². The number of rotatable bonds is 3. The van der Waals surface area contributed by atoms with Gasteiger partial charge >= 0.3 is 0 Å². The lowest BCUT2D eigenvalue weighted by Crippen LogP contribution is -1.89. The van der Waals surface area contributed by atoms with Gasteiger partial charge in [0.1, 0.15) is 0 Å². The molecule has 0 aliphatic heterocycles. The van der Waals surface area contributed by atoms with E-state index in [1.807, 2.05) is 0 Å². The van der Waals surface area contributed by atoms with Gasteiger partial charge in [0.25, 0.3) is 0 Å². The molecule has 0 N–H and O–H groups in total. The molecular weight excluding hydrogens is 625 g/mol. The first kappa shape index (κ1) is 29.0. The molecule has 11 aromatic rings. The molecule has 0 atom stereocenters. The molecule has 0 amide bonds. The summed E-state index contributed by atoms with van der Waals surface area (Å²) in [5, 5.41) is 17.8. The zero-order valence-corrected chi connectivity index (χ0v) is 28.5. The van der Waals surface area contributed by atoms with E-state index in [0.29, 0.717) is 0 Å². The van der Waals surface area contributed by atoms with Crippen molar-refractivity contribution < 1.29 is 0 Å². The summed E-state index contributed by atoms with van der Waals surface area (Å²) in [5.74, 6) is 0. The molecule has 11 rings (SSSR count). The number of benzene rings is 11. The summed E-state index contributed by atoms with van der Waals surface area (Å²) < 4.78 is 0. The fourth-order valence-electron chi connectivity index (χ4n) is 8.52. The SMILES string of the molecule is c1ccc2cc(-c3c4ccc(-c5ccc6c(ccc7ccccc76)c5)cc4cc4ccc(-c5ccc6c(ccc7ccccc76)c5)cc34)ccc2c1. The van der Waals surface area contributed by atoms with Crippen LogP contribution in [0, 0.1) is 0 Å². The largest absolute Gasteiger partial charge is 0.0616 e. The predicted molar refractivity (Wildman–Crippen MR) is 225 cm³/mol. The van der Waals surface area contributed by atoms with Crippen LogP contribution in [0.2, 0.25) is 0 Å². The Bertz CT molecular complexity index is 3240. The van der Waals surface area contributed by atoms with Crippen molar-refractivity contribution in [3.05, 3.63) is 194 Å². The highest BCUT2D eigenvalue weighted by molar-refractivity contribution is 6.16. The third-order valence-corrected chi connectivity index (χ3v) is 11.1. The van der Waals surface area contributed by atoms with Crippen LogP contribution < -0.4 is 0 Å². The molecule has 0 bridgehead atoms. The maximum atomic E-state index is 2.41. The topological polar surface area (TPSA) is 0 Å². The lowest BCUT2D eigenvalue weighted by molar-refractivity contribution is 1.66. The monoisotopic (exact) mass is 656 g/mol. The van der Waals surface area contributed by atoms with Crippen LogP contribution in [0.3, 0.4) is 0 Å². The van der Waals surface area contributed by atoms with E-state index in [9.17, 15) is 0 Å². The molecule has 0 saturated heterocycles. The van der Waals surface area contributed by atoms with Crippen LogP contribution in [0.15, 0.2) is 194 Å². The zero-order chi connectivity index (χ0) is 34.2. The summed E-state index contributed by atoms with van der Waals surface area (Å²) in [6.45, 7) is 0. The minimum Gasteiger partial charge on any atom is -0.0616 e. The van der Waals surface area contributed by atoms with Gasteiger partial charge in [-0.15, -0.1) is 0 Å². The van der Waals surface area contributed by atoms with Crippen molar-refractivity contribution >= 4 is 75.4 Å². The molecule has 0 heteroatoms. The van der Waals surface area contributed by atoms with Crippen LogP contribution in [0.5, 0.6) is 0 Å². The molecule has 52 heavy (non-hydrogen) atoms. The molecule has 0 radical (unpaired) electrons. The van der Waals surface area contributed by atoms with Crippen LogP contribution in [-0.2, 0) is 0 Å². The van der Waals surface area contributed by atoms with Crippen LogP contribution in [-0.4, -0.2) is 0 Å². The summed E-state index contributed by atoms with van der Waals surface area (Å²) in [6, 6.07) is 72.1. The van der Waals surface area contributed by atoms with Crippen molar-refractivity contribution in [1.82, 2.24) is 0 Å². The van der Waals surface area contributed by atoms with Crippen LogP contribution in [0.25, 0.3) is 109 Å². The van der Waals surface area contributed by atoms with Gasteiger partial charge < -0.3 is 0 Å². The molecule has 0 aliphatic rings. The Kier molecular flexibility index (Phi) is 6.35. The van der Waals surface area contributed by atoms with Gasteiger partial charge in [0, 0.05) is 0 Å². The van der Waals surface area contributed by atoms with E-state index in [2.05, 4.69) is 194 Å². The summed E-state index contributed by atoms with van der Waals surface area (Å²) in [5.41, 5.74) is 7.44. The molecule has 0 heterocycles. The van der Waals surface area contributed by atoms with E-state index in [0.717, 1.165) is 0 Å². The average Bonchev–Trinajstić information content (AvgIpc) is 3.21. The van der Waals surface area contributed by atoms with Gasteiger partial charge in [-0.05, 0) is 145 Å². The Morgan fingerprint density at radius 1 is 0.173 bits per heavy atom. The third kappa shape index (κ3) is 4.62. The van der Waals surface area contributed by atoms with Crippen molar-refractivity contribution in [3.63, 3.8) is 0 Å². The van der Waals surface area contributed by atoms with Crippen molar-refractivity contribution in [2.75, 3.05) is 0 Å². The number of fused-ring (bicyclic) bond motifs is 9. The highest BCUT2D eigenvalue weighted by Gasteiger charge is 2.14. The minimum absolute atomic E-state index is 1.23. The molecule has 0 aliphatic carbocycles. The first-order valence-electron chi connectivity index (χ1n) is 18.1. The van der Waals surface area contributed by atoms with E-state index >= 15 is 0 Å². The van der Waals surface area contributed by atoms with E-state index in [4.69, 9.17) is 0 Å². The quantitative estimate of drug-likeness (QED) is 0.131. The van der Waals surface area contributed by atoms with Crippen LogP contribution in [0.4, 0.5) is 0 Å². The molecule has 0 spiro atoms. The standard InChI is InChI=1S/C52H32/c1-2-10-36-29-44(20-13-33(36)7-1)52-50-26-23-39(37-21-24-48-41(27-37)17-14-34-8-3-5-11-46(34)48)30-45(50)31-43-19-16-40(32-51(43)52)38-22-25-49-42(28-38)18-15-35-9-4-6-12-47(35)49/h1-32H. The maximum Gasteiger partial charge on any atom is -0.00264 e. The van der Waals surface area contributed by atoms with Crippen LogP contribution in [0.1, 0.15) is 0 Å². The summed E-state index contributed by atoms with van der Waals surface area (Å²) in [4.78, 5) is 0. The van der Waals surface area contributed by atoms with Gasteiger partial charge in [-0.1, -0.05) is 158 Å². The first-order valence-corrected chi connectivity index (χ1v) is 18.1. The molecule has 240 valence electrons. The highest BCUT2D eigenvalue weighted by atomic mass is 14.2. The number of hydrogen-bond acceptors (Lipinski definition) is 0. The van der Waals surface area contributed by atoms with Gasteiger partial charge in [-0.25, -0.2) is 0 Å². The lowest BCUT2D eigenvalue weighted by atomic mass is 9.88. The molecule has 0 fully saturated rings. The summed E-state index contributed by atoms with van der Waals surface area (Å²) in [7, 11) is 0. The third-order valence-electron chi connectivity index (χ3n) is 11.1. The summed E-state index contributed by atoms with van der Waals surface area (Å²) >= 11 is 0. The smallest absolute Gasteiger partial charge is 0.00264 e. The normalized spacial score (nSPS) is 11.8. The minimum atomic E-state index is 1.23.